The molecular formula is C20H33N3O2. The molecule has 1 saturated heterocycles. The summed E-state index contributed by atoms with van der Waals surface area (Å²) in [6.45, 7) is 6.97. The molecule has 2 rings (SSSR count). The van der Waals surface area contributed by atoms with Crippen LogP contribution in [0.25, 0.3) is 0 Å². The van der Waals surface area contributed by atoms with Crippen molar-refractivity contribution < 1.29 is 9.90 Å². The van der Waals surface area contributed by atoms with Crippen molar-refractivity contribution in [3.63, 3.8) is 0 Å². The third kappa shape index (κ3) is 5.63. The Labute approximate surface area is 151 Å². The predicted octanol–water partition coefficient (Wildman–Crippen LogP) is 3.14. The fourth-order valence-corrected chi connectivity index (χ4v) is 3.60. The van der Waals surface area contributed by atoms with E-state index in [9.17, 15) is 9.90 Å². The largest absolute Gasteiger partial charge is 0.396 e. The maximum absolute atomic E-state index is 12.2. The second-order valence-electron chi connectivity index (χ2n) is 7.10. The summed E-state index contributed by atoms with van der Waals surface area (Å²) in [7, 11) is 0. The Bertz CT molecular complexity index is 509. The van der Waals surface area contributed by atoms with Gasteiger partial charge in [0.25, 0.3) is 0 Å². The van der Waals surface area contributed by atoms with Crippen molar-refractivity contribution in [1.29, 1.82) is 0 Å². The number of rotatable bonds is 8. The Morgan fingerprint density at radius 3 is 2.40 bits per heavy atom. The van der Waals surface area contributed by atoms with Crippen molar-refractivity contribution >= 4 is 11.7 Å². The van der Waals surface area contributed by atoms with Gasteiger partial charge in [-0.05, 0) is 49.7 Å². The number of nitrogens with zero attached hydrogens (tertiary/aromatic N) is 1. The molecule has 0 saturated carbocycles. The van der Waals surface area contributed by atoms with Gasteiger partial charge < -0.3 is 20.6 Å². The first kappa shape index (κ1) is 19.6. The van der Waals surface area contributed by atoms with E-state index >= 15 is 0 Å². The first-order valence-electron chi connectivity index (χ1n) is 9.57. The van der Waals surface area contributed by atoms with Gasteiger partial charge in [-0.2, -0.15) is 0 Å². The molecule has 25 heavy (non-hydrogen) atoms. The molecule has 0 bridgehead atoms. The van der Waals surface area contributed by atoms with Gasteiger partial charge in [0.2, 0.25) is 0 Å². The second-order valence-corrected chi connectivity index (χ2v) is 7.10. The fraction of sp³-hybridized carbons (Fsp3) is 0.650. The third-order valence-corrected chi connectivity index (χ3v) is 5.72. The molecule has 1 aliphatic heterocycles. The molecule has 3 N–H and O–H groups in total. The van der Waals surface area contributed by atoms with Gasteiger partial charge >= 0.3 is 6.03 Å². The average molecular weight is 348 g/mol. The molecule has 0 aromatic heterocycles. The Hall–Kier alpha value is -1.75. The molecule has 1 heterocycles. The molecule has 0 aliphatic carbocycles. The van der Waals surface area contributed by atoms with Crippen LogP contribution < -0.4 is 15.5 Å². The smallest absolute Gasteiger partial charge is 0.315 e. The summed E-state index contributed by atoms with van der Waals surface area (Å²) < 4.78 is 0. The van der Waals surface area contributed by atoms with E-state index in [1.807, 2.05) is 6.07 Å². The standard InChI is InChI=1S/C20H33N3O2/c1-3-20(4-2,12-15-24)16-21-19(25)22-17-10-13-23(14-11-17)18-8-6-5-7-9-18/h5-9,17,24H,3-4,10-16H2,1-2H3,(H2,21,22,25). The van der Waals surface area contributed by atoms with Crippen LogP contribution in [-0.2, 0) is 0 Å². The number of para-hydroxylation sites is 1. The van der Waals surface area contributed by atoms with E-state index in [1.54, 1.807) is 0 Å². The number of benzene rings is 1. The lowest BCUT2D eigenvalue weighted by atomic mass is 9.79. The summed E-state index contributed by atoms with van der Waals surface area (Å²) in [5.41, 5.74) is 1.26. The van der Waals surface area contributed by atoms with Crippen LogP contribution in [-0.4, -0.2) is 43.4 Å². The molecule has 0 unspecified atom stereocenters. The molecule has 0 atom stereocenters. The van der Waals surface area contributed by atoms with Gasteiger partial charge in [0.15, 0.2) is 0 Å². The van der Waals surface area contributed by atoms with Gasteiger partial charge in [-0.25, -0.2) is 4.79 Å². The molecular weight excluding hydrogens is 314 g/mol. The van der Waals surface area contributed by atoms with Crippen LogP contribution in [0.5, 0.6) is 0 Å². The highest BCUT2D eigenvalue weighted by molar-refractivity contribution is 5.74. The molecule has 1 aromatic carbocycles. The van der Waals surface area contributed by atoms with Gasteiger partial charge in [-0.15, -0.1) is 0 Å². The zero-order valence-corrected chi connectivity index (χ0v) is 15.6. The number of hydrogen-bond donors (Lipinski definition) is 3. The molecule has 1 aliphatic rings. The summed E-state index contributed by atoms with van der Waals surface area (Å²) in [4.78, 5) is 14.6. The fourth-order valence-electron chi connectivity index (χ4n) is 3.60. The zero-order valence-electron chi connectivity index (χ0n) is 15.6. The molecule has 5 heteroatoms. The summed E-state index contributed by atoms with van der Waals surface area (Å²) in [6.07, 6.45) is 4.58. The maximum atomic E-state index is 12.2. The number of aliphatic hydroxyl groups excluding tert-OH is 1. The number of urea groups is 1. The number of anilines is 1. The van der Waals surface area contributed by atoms with E-state index < -0.39 is 0 Å². The van der Waals surface area contributed by atoms with Crippen molar-refractivity contribution in [3.8, 4) is 0 Å². The van der Waals surface area contributed by atoms with Crippen molar-refractivity contribution in [3.05, 3.63) is 30.3 Å². The van der Waals surface area contributed by atoms with Crippen molar-refractivity contribution in [2.24, 2.45) is 5.41 Å². The highest BCUT2D eigenvalue weighted by Gasteiger charge is 2.27. The van der Waals surface area contributed by atoms with Crippen LogP contribution in [0.1, 0.15) is 46.0 Å². The number of carbonyl (C=O) groups is 1. The summed E-state index contributed by atoms with van der Waals surface area (Å²) in [5, 5.41) is 15.4. The molecule has 5 nitrogen and oxygen atoms in total. The Morgan fingerprint density at radius 1 is 1.20 bits per heavy atom. The number of piperidine rings is 1. The lowest BCUT2D eigenvalue weighted by molar-refractivity contribution is 0.162. The first-order chi connectivity index (χ1) is 12.1. The average Bonchev–Trinajstić information content (AvgIpc) is 2.66. The molecule has 140 valence electrons. The lowest BCUT2D eigenvalue weighted by Gasteiger charge is -2.35. The minimum atomic E-state index is -0.0811. The third-order valence-electron chi connectivity index (χ3n) is 5.72. The molecule has 0 spiro atoms. The van der Waals surface area contributed by atoms with Gasteiger partial charge in [0, 0.05) is 38.0 Å². The quantitative estimate of drug-likeness (QED) is 0.677. The summed E-state index contributed by atoms with van der Waals surface area (Å²) in [6, 6.07) is 10.6. The summed E-state index contributed by atoms with van der Waals surface area (Å²) in [5.74, 6) is 0. The zero-order chi connectivity index (χ0) is 18.1. The van der Waals surface area contributed by atoms with E-state index in [1.165, 1.54) is 5.69 Å². The van der Waals surface area contributed by atoms with Crippen LogP contribution >= 0.6 is 0 Å². The SMILES string of the molecule is CCC(CC)(CCO)CNC(=O)NC1CCN(c2ccccc2)CC1. The van der Waals surface area contributed by atoms with Crippen molar-refractivity contribution in [1.82, 2.24) is 10.6 Å². The highest BCUT2D eigenvalue weighted by Crippen LogP contribution is 2.29. The van der Waals surface area contributed by atoms with Crippen LogP contribution in [0, 0.1) is 5.41 Å². The van der Waals surface area contributed by atoms with E-state index in [0.29, 0.717) is 6.54 Å². The first-order valence-corrected chi connectivity index (χ1v) is 9.57. The monoisotopic (exact) mass is 347 g/mol. The van der Waals surface area contributed by atoms with Gasteiger partial charge in [-0.3, -0.25) is 0 Å². The molecule has 0 radical (unpaired) electrons. The van der Waals surface area contributed by atoms with Gasteiger partial charge in [0.1, 0.15) is 0 Å². The van der Waals surface area contributed by atoms with Crippen molar-refractivity contribution in [2.45, 2.75) is 52.0 Å². The van der Waals surface area contributed by atoms with E-state index in [0.717, 1.165) is 45.2 Å². The van der Waals surface area contributed by atoms with Crippen LogP contribution in [0.4, 0.5) is 10.5 Å². The number of aliphatic hydroxyl groups is 1. The van der Waals surface area contributed by atoms with E-state index in [-0.39, 0.29) is 24.1 Å². The maximum Gasteiger partial charge on any atom is 0.315 e. The second kappa shape index (κ2) is 9.66. The number of carbonyl (C=O) groups excluding carboxylic acids is 1. The van der Waals surface area contributed by atoms with Gasteiger partial charge in [0.05, 0.1) is 0 Å². The molecule has 1 aromatic rings. The Balaban J connectivity index is 1.75. The molecule has 1 fully saturated rings. The number of amides is 2. The summed E-state index contributed by atoms with van der Waals surface area (Å²) >= 11 is 0. The topological polar surface area (TPSA) is 64.6 Å². The van der Waals surface area contributed by atoms with E-state index in [2.05, 4.69) is 53.6 Å². The van der Waals surface area contributed by atoms with Crippen LogP contribution in [0.2, 0.25) is 0 Å². The highest BCUT2D eigenvalue weighted by atomic mass is 16.3. The minimum Gasteiger partial charge on any atom is -0.396 e. The van der Waals surface area contributed by atoms with Crippen LogP contribution in [0.15, 0.2) is 30.3 Å². The minimum absolute atomic E-state index is 0.00274. The Morgan fingerprint density at radius 2 is 1.84 bits per heavy atom. The number of hydrogen-bond acceptors (Lipinski definition) is 3. The Kier molecular flexibility index (Phi) is 7.56. The predicted molar refractivity (Wildman–Crippen MR) is 103 cm³/mol. The molecule has 2 amide bonds. The lowest BCUT2D eigenvalue weighted by Crippen LogP contribution is -2.49. The van der Waals surface area contributed by atoms with Crippen molar-refractivity contribution in [2.75, 3.05) is 31.1 Å². The normalized spacial score (nSPS) is 15.9. The van der Waals surface area contributed by atoms with Crippen LogP contribution in [0.3, 0.4) is 0 Å². The number of nitrogens with one attached hydrogen (secondary N) is 2. The van der Waals surface area contributed by atoms with Gasteiger partial charge in [-0.1, -0.05) is 32.0 Å². The van der Waals surface area contributed by atoms with E-state index in [4.69, 9.17) is 0 Å².